The first kappa shape index (κ1) is 13.8. The van der Waals surface area contributed by atoms with Crippen LogP contribution in [0.4, 0.5) is 0 Å². The zero-order valence-electron chi connectivity index (χ0n) is 11.8. The van der Waals surface area contributed by atoms with Gasteiger partial charge < -0.3 is 9.26 Å². The fourth-order valence-corrected chi connectivity index (χ4v) is 2.73. The van der Waals surface area contributed by atoms with E-state index in [2.05, 4.69) is 5.16 Å². The van der Waals surface area contributed by atoms with Crippen LogP contribution in [-0.4, -0.2) is 24.0 Å². The molecule has 19 heavy (non-hydrogen) atoms. The van der Waals surface area contributed by atoms with E-state index in [1.165, 1.54) is 7.11 Å². The first-order valence-corrected chi connectivity index (χ1v) is 6.51. The maximum atomic E-state index is 12.6. The first-order chi connectivity index (χ1) is 8.92. The number of ether oxygens (including phenoxy) is 1. The zero-order valence-corrected chi connectivity index (χ0v) is 11.8. The molecular formula is C14H19NO4. The molecule has 5 heteroatoms. The summed E-state index contributed by atoms with van der Waals surface area (Å²) in [6.45, 7) is 5.75. The van der Waals surface area contributed by atoms with E-state index < -0.39 is 17.3 Å². The van der Waals surface area contributed by atoms with Crippen LogP contribution in [0.1, 0.15) is 49.0 Å². The second kappa shape index (κ2) is 4.79. The third-order valence-electron chi connectivity index (χ3n) is 3.66. The van der Waals surface area contributed by atoms with Crippen molar-refractivity contribution < 1.29 is 18.8 Å². The molecular weight excluding hydrogens is 246 g/mol. The van der Waals surface area contributed by atoms with Gasteiger partial charge in [-0.3, -0.25) is 9.59 Å². The maximum absolute atomic E-state index is 12.6. The molecule has 1 aliphatic rings. The molecule has 1 aliphatic carbocycles. The Bertz CT molecular complexity index is 516. The highest BCUT2D eigenvalue weighted by Gasteiger charge is 2.49. The number of carbonyl (C=O) groups is 2. The molecule has 1 unspecified atom stereocenters. The lowest BCUT2D eigenvalue weighted by Gasteiger charge is -2.34. The molecule has 0 radical (unpaired) electrons. The molecule has 0 spiro atoms. The number of nitrogens with zero attached hydrogens (tertiary/aromatic N) is 1. The summed E-state index contributed by atoms with van der Waals surface area (Å²) in [7, 11) is 1.31. The van der Waals surface area contributed by atoms with Crippen molar-refractivity contribution in [3.05, 3.63) is 17.0 Å². The molecule has 0 N–H and O–H groups in total. The molecule has 1 heterocycles. The lowest BCUT2D eigenvalue weighted by Crippen LogP contribution is -2.43. The first-order valence-electron chi connectivity index (χ1n) is 6.51. The lowest BCUT2D eigenvalue weighted by molar-refractivity contribution is -0.147. The van der Waals surface area contributed by atoms with Gasteiger partial charge in [0, 0.05) is 6.42 Å². The fourth-order valence-electron chi connectivity index (χ4n) is 2.73. The zero-order chi connectivity index (χ0) is 14.2. The Balaban J connectivity index is 2.48. The van der Waals surface area contributed by atoms with Crippen molar-refractivity contribution in [2.75, 3.05) is 7.11 Å². The molecule has 0 fully saturated rings. The Hall–Kier alpha value is -1.65. The number of hydrogen-bond donors (Lipinski definition) is 0. The number of hydrogen-bond acceptors (Lipinski definition) is 5. The van der Waals surface area contributed by atoms with Gasteiger partial charge >= 0.3 is 5.97 Å². The summed E-state index contributed by atoms with van der Waals surface area (Å²) >= 11 is 0. The molecule has 0 bridgehead atoms. The van der Waals surface area contributed by atoms with Crippen molar-refractivity contribution >= 4 is 11.8 Å². The van der Waals surface area contributed by atoms with Crippen molar-refractivity contribution in [3.63, 3.8) is 0 Å². The Kier molecular flexibility index (Phi) is 3.47. The summed E-state index contributed by atoms with van der Waals surface area (Å²) in [4.78, 5) is 24.5. The standard InChI is InChI=1S/C14H19NO4/c1-5-6-8-10-9(19-15-8)7-14(2,3)11(12(10)16)13(17)18-4/h11H,5-7H2,1-4H3. The van der Waals surface area contributed by atoms with E-state index in [9.17, 15) is 9.59 Å². The van der Waals surface area contributed by atoms with Gasteiger partial charge in [0.15, 0.2) is 5.78 Å². The number of Topliss-reactive ketones (excluding diaryl/α,β-unsaturated/α-hetero) is 1. The number of ketones is 1. The third-order valence-corrected chi connectivity index (χ3v) is 3.66. The quantitative estimate of drug-likeness (QED) is 0.619. The van der Waals surface area contributed by atoms with Crippen LogP contribution in [0.15, 0.2) is 4.52 Å². The van der Waals surface area contributed by atoms with Crippen molar-refractivity contribution in [2.45, 2.75) is 40.0 Å². The van der Waals surface area contributed by atoms with Gasteiger partial charge in [-0.1, -0.05) is 32.3 Å². The highest BCUT2D eigenvalue weighted by molar-refractivity contribution is 6.11. The van der Waals surface area contributed by atoms with Gasteiger partial charge in [-0.25, -0.2) is 0 Å². The van der Waals surface area contributed by atoms with Gasteiger partial charge in [0.25, 0.3) is 0 Å². The molecule has 1 atom stereocenters. The predicted molar refractivity (Wildman–Crippen MR) is 67.8 cm³/mol. The van der Waals surface area contributed by atoms with Gasteiger partial charge in [-0.15, -0.1) is 0 Å². The monoisotopic (exact) mass is 265 g/mol. The Morgan fingerprint density at radius 1 is 1.53 bits per heavy atom. The lowest BCUT2D eigenvalue weighted by atomic mass is 9.67. The SMILES string of the molecule is CCCc1noc2c1C(=O)C(C(=O)OC)C(C)(C)C2. The van der Waals surface area contributed by atoms with Crippen molar-refractivity contribution in [3.8, 4) is 0 Å². The molecule has 2 rings (SSSR count). The normalized spacial score (nSPS) is 21.1. The third kappa shape index (κ3) is 2.17. The minimum atomic E-state index is -0.778. The van der Waals surface area contributed by atoms with Gasteiger partial charge in [0.2, 0.25) is 0 Å². The highest BCUT2D eigenvalue weighted by Crippen LogP contribution is 2.41. The minimum absolute atomic E-state index is 0.220. The Morgan fingerprint density at radius 3 is 2.79 bits per heavy atom. The van der Waals surface area contributed by atoms with Crippen LogP contribution in [0, 0.1) is 11.3 Å². The number of esters is 1. The van der Waals surface area contributed by atoms with Gasteiger partial charge in [-0.2, -0.15) is 0 Å². The summed E-state index contributed by atoms with van der Waals surface area (Å²) in [5.41, 5.74) is 0.642. The number of fused-ring (bicyclic) bond motifs is 1. The average molecular weight is 265 g/mol. The van der Waals surface area contributed by atoms with Crippen molar-refractivity contribution in [1.29, 1.82) is 0 Å². The Labute approximate surface area is 112 Å². The summed E-state index contributed by atoms with van der Waals surface area (Å²) in [5, 5.41) is 3.98. The van der Waals surface area contributed by atoms with Crippen LogP contribution >= 0.6 is 0 Å². The van der Waals surface area contributed by atoms with E-state index >= 15 is 0 Å². The molecule has 0 aliphatic heterocycles. The van der Waals surface area contributed by atoms with E-state index in [0.29, 0.717) is 29.9 Å². The largest absolute Gasteiger partial charge is 0.468 e. The fraction of sp³-hybridized carbons (Fsp3) is 0.643. The summed E-state index contributed by atoms with van der Waals surface area (Å²) in [5.74, 6) is -0.884. The van der Waals surface area contributed by atoms with Gasteiger partial charge in [0.05, 0.1) is 18.4 Å². The van der Waals surface area contributed by atoms with Crippen LogP contribution in [-0.2, 0) is 22.4 Å². The predicted octanol–water partition coefficient (Wildman–Crippen LogP) is 2.18. The topological polar surface area (TPSA) is 69.4 Å². The molecule has 0 saturated carbocycles. The molecule has 1 aromatic rings. The molecule has 0 amide bonds. The van der Waals surface area contributed by atoms with E-state index in [-0.39, 0.29) is 5.78 Å². The smallest absolute Gasteiger partial charge is 0.317 e. The minimum Gasteiger partial charge on any atom is -0.468 e. The average Bonchev–Trinajstić information content (AvgIpc) is 2.71. The number of aromatic nitrogens is 1. The number of aryl methyl sites for hydroxylation is 1. The summed E-state index contributed by atoms with van der Waals surface area (Å²) < 4.78 is 10.1. The maximum Gasteiger partial charge on any atom is 0.317 e. The number of methoxy groups -OCH3 is 1. The van der Waals surface area contributed by atoms with E-state index in [4.69, 9.17) is 9.26 Å². The summed E-state index contributed by atoms with van der Waals surface area (Å²) in [6.07, 6.45) is 2.07. The number of carbonyl (C=O) groups excluding carboxylic acids is 2. The Morgan fingerprint density at radius 2 is 2.21 bits per heavy atom. The van der Waals surface area contributed by atoms with Crippen LogP contribution in [0.3, 0.4) is 0 Å². The highest BCUT2D eigenvalue weighted by atomic mass is 16.5. The molecule has 0 aromatic carbocycles. The summed E-state index contributed by atoms with van der Waals surface area (Å²) in [6, 6.07) is 0. The van der Waals surface area contributed by atoms with Crippen LogP contribution in [0.5, 0.6) is 0 Å². The molecule has 1 aromatic heterocycles. The molecule has 0 saturated heterocycles. The van der Waals surface area contributed by atoms with Gasteiger partial charge in [0.1, 0.15) is 11.7 Å². The molecule has 104 valence electrons. The second-order valence-corrected chi connectivity index (χ2v) is 5.66. The molecule has 5 nitrogen and oxygen atoms in total. The van der Waals surface area contributed by atoms with E-state index in [0.717, 1.165) is 6.42 Å². The van der Waals surface area contributed by atoms with Crippen molar-refractivity contribution in [1.82, 2.24) is 5.16 Å². The van der Waals surface area contributed by atoms with E-state index in [1.807, 2.05) is 20.8 Å². The van der Waals surface area contributed by atoms with Crippen molar-refractivity contribution in [2.24, 2.45) is 11.3 Å². The second-order valence-electron chi connectivity index (χ2n) is 5.66. The van der Waals surface area contributed by atoms with Crippen LogP contribution < -0.4 is 0 Å². The van der Waals surface area contributed by atoms with E-state index in [1.54, 1.807) is 0 Å². The number of rotatable bonds is 3. The van der Waals surface area contributed by atoms with Gasteiger partial charge in [-0.05, 0) is 11.8 Å². The van der Waals surface area contributed by atoms with Crippen LogP contribution in [0.2, 0.25) is 0 Å². The van der Waals surface area contributed by atoms with Crippen LogP contribution in [0.25, 0.3) is 0 Å².